The summed E-state index contributed by atoms with van der Waals surface area (Å²) >= 11 is 0. The number of halogens is 1. The maximum atomic E-state index is 13.0. The van der Waals surface area contributed by atoms with Crippen LogP contribution < -0.4 is 19.9 Å². The number of fused-ring (bicyclic) bond motifs is 1. The van der Waals surface area contributed by atoms with E-state index in [-0.39, 0.29) is 17.2 Å². The Morgan fingerprint density at radius 2 is 1.94 bits per heavy atom. The average Bonchev–Trinajstić information content (AvgIpc) is 3.28. The summed E-state index contributed by atoms with van der Waals surface area (Å²) in [5.41, 5.74) is 6.82. The van der Waals surface area contributed by atoms with Gasteiger partial charge in [0.15, 0.2) is 6.10 Å². The molecule has 0 radical (unpaired) electrons. The number of ether oxygens (including phenoxy) is 3. The Kier molecular flexibility index (Phi) is 5.33. The fourth-order valence-corrected chi connectivity index (χ4v) is 3.21. The van der Waals surface area contributed by atoms with Crippen LogP contribution in [0.3, 0.4) is 0 Å². The second-order valence-electron chi connectivity index (χ2n) is 6.77. The maximum Gasteiger partial charge on any atom is 0.352 e. The van der Waals surface area contributed by atoms with Crippen molar-refractivity contribution in [3.63, 3.8) is 0 Å². The molecule has 1 aliphatic rings. The van der Waals surface area contributed by atoms with Crippen LogP contribution >= 0.6 is 0 Å². The van der Waals surface area contributed by atoms with Crippen LogP contribution in [0.1, 0.15) is 24.2 Å². The van der Waals surface area contributed by atoms with Crippen LogP contribution in [0, 0.1) is 17.1 Å². The van der Waals surface area contributed by atoms with Crippen molar-refractivity contribution in [2.24, 2.45) is 5.73 Å². The molecular weight excluding hydrogens is 403 g/mol. The molecule has 8 heteroatoms. The van der Waals surface area contributed by atoms with Crippen LogP contribution in [-0.4, -0.2) is 12.1 Å². The van der Waals surface area contributed by atoms with Gasteiger partial charge in [0.1, 0.15) is 40.5 Å². The van der Waals surface area contributed by atoms with Gasteiger partial charge in [0.2, 0.25) is 5.88 Å². The number of nitriles is 1. The number of rotatable bonds is 5. The summed E-state index contributed by atoms with van der Waals surface area (Å²) in [5.74, 6) is -0.207. The maximum absolute atomic E-state index is 13.0. The third kappa shape index (κ3) is 4.07. The van der Waals surface area contributed by atoms with Gasteiger partial charge in [0.25, 0.3) is 0 Å². The highest BCUT2D eigenvalue weighted by Crippen LogP contribution is 2.43. The molecule has 4 rings (SSSR count). The number of furan rings is 1. The molecule has 2 atom stereocenters. The van der Waals surface area contributed by atoms with Crippen LogP contribution in [0.15, 0.2) is 76.7 Å². The van der Waals surface area contributed by atoms with Crippen LogP contribution in [-0.2, 0) is 4.79 Å². The highest BCUT2D eigenvalue weighted by Gasteiger charge is 2.33. The number of hydrogen-bond donors (Lipinski definition) is 1. The first kappa shape index (κ1) is 20.0. The van der Waals surface area contributed by atoms with Gasteiger partial charge in [-0.1, -0.05) is 6.07 Å². The van der Waals surface area contributed by atoms with E-state index < -0.39 is 23.8 Å². The minimum atomic E-state index is -0.937. The lowest BCUT2D eigenvalue weighted by atomic mass is 9.87. The molecule has 3 aromatic rings. The summed E-state index contributed by atoms with van der Waals surface area (Å²) in [6.45, 7) is 1.52. The van der Waals surface area contributed by atoms with E-state index in [1.165, 1.54) is 43.5 Å². The van der Waals surface area contributed by atoms with E-state index in [1.807, 2.05) is 0 Å². The molecule has 31 heavy (non-hydrogen) atoms. The molecule has 0 amide bonds. The molecule has 156 valence electrons. The lowest BCUT2D eigenvalue weighted by Crippen LogP contribution is -2.28. The second-order valence-corrected chi connectivity index (χ2v) is 6.77. The van der Waals surface area contributed by atoms with Crippen molar-refractivity contribution < 1.29 is 27.8 Å². The zero-order valence-corrected chi connectivity index (χ0v) is 16.4. The Labute approximate surface area is 177 Å². The molecule has 2 unspecified atom stereocenters. The molecular formula is C23H17FN2O5. The third-order valence-electron chi connectivity index (χ3n) is 4.70. The van der Waals surface area contributed by atoms with Gasteiger partial charge < -0.3 is 24.4 Å². The summed E-state index contributed by atoms with van der Waals surface area (Å²) < 4.78 is 34.9. The number of carbonyl (C=O) groups is 1. The number of esters is 1. The van der Waals surface area contributed by atoms with E-state index in [0.717, 1.165) is 0 Å². The van der Waals surface area contributed by atoms with E-state index in [0.29, 0.717) is 22.8 Å². The number of benzene rings is 2. The van der Waals surface area contributed by atoms with Crippen molar-refractivity contribution in [2.45, 2.75) is 18.9 Å². The Balaban J connectivity index is 1.54. The topological polar surface area (TPSA) is 108 Å². The zero-order chi connectivity index (χ0) is 22.0. The fourth-order valence-electron chi connectivity index (χ4n) is 3.21. The Morgan fingerprint density at radius 1 is 1.19 bits per heavy atom. The largest absolute Gasteiger partial charge is 0.479 e. The summed E-state index contributed by atoms with van der Waals surface area (Å²) in [6.07, 6.45) is 0.572. The van der Waals surface area contributed by atoms with Crippen LogP contribution in [0.5, 0.6) is 17.2 Å². The van der Waals surface area contributed by atoms with E-state index in [1.54, 1.807) is 24.3 Å². The van der Waals surface area contributed by atoms with Crippen molar-refractivity contribution in [3.8, 4) is 23.3 Å². The normalized spacial score (nSPS) is 16.0. The first-order valence-electron chi connectivity index (χ1n) is 9.35. The molecule has 0 spiro atoms. The molecule has 1 aliphatic heterocycles. The fraction of sp³-hybridized carbons (Fsp3) is 0.130. The lowest BCUT2D eigenvalue weighted by Gasteiger charge is -2.25. The van der Waals surface area contributed by atoms with Crippen molar-refractivity contribution in [2.75, 3.05) is 0 Å². The van der Waals surface area contributed by atoms with E-state index >= 15 is 0 Å². The van der Waals surface area contributed by atoms with Crippen LogP contribution in [0.25, 0.3) is 0 Å². The molecule has 7 nitrogen and oxygen atoms in total. The predicted molar refractivity (Wildman–Crippen MR) is 107 cm³/mol. The first-order valence-corrected chi connectivity index (χ1v) is 9.35. The Morgan fingerprint density at radius 3 is 2.61 bits per heavy atom. The van der Waals surface area contributed by atoms with Gasteiger partial charge in [0.05, 0.1) is 12.2 Å². The minimum absolute atomic E-state index is 0.0483. The summed E-state index contributed by atoms with van der Waals surface area (Å²) in [7, 11) is 0. The van der Waals surface area contributed by atoms with Gasteiger partial charge in [0, 0.05) is 11.6 Å². The highest BCUT2D eigenvalue weighted by molar-refractivity contribution is 5.77. The molecule has 2 heterocycles. The molecule has 0 saturated heterocycles. The van der Waals surface area contributed by atoms with E-state index in [4.69, 9.17) is 24.4 Å². The molecule has 2 aromatic carbocycles. The molecule has 0 fully saturated rings. The van der Waals surface area contributed by atoms with Gasteiger partial charge in [-0.25, -0.2) is 9.18 Å². The molecule has 1 aromatic heterocycles. The Hall–Kier alpha value is -4.25. The van der Waals surface area contributed by atoms with Crippen LogP contribution in [0.2, 0.25) is 0 Å². The van der Waals surface area contributed by atoms with Crippen molar-refractivity contribution in [3.05, 3.63) is 89.5 Å². The SMILES string of the molecule is CC(Oc1ccc(F)cc1)C(=O)Oc1ccc2c(c1)OC(N)=C(C#N)C2c1ccco1. The highest BCUT2D eigenvalue weighted by atomic mass is 19.1. The minimum Gasteiger partial charge on any atom is -0.479 e. The monoisotopic (exact) mass is 420 g/mol. The molecule has 2 N–H and O–H groups in total. The standard InChI is InChI=1S/C23H17FN2O5/c1-13(29-15-6-4-14(24)5-7-15)23(27)30-16-8-9-17-20(11-16)31-22(26)18(12-25)21(17)19-3-2-10-28-19/h2-11,13,21H,26H2,1H3. The van der Waals surface area contributed by atoms with E-state index in [9.17, 15) is 14.4 Å². The molecule has 0 aliphatic carbocycles. The molecule has 0 bridgehead atoms. The van der Waals surface area contributed by atoms with Gasteiger partial charge in [-0.3, -0.25) is 0 Å². The average molecular weight is 420 g/mol. The molecule has 0 saturated carbocycles. The van der Waals surface area contributed by atoms with Crippen molar-refractivity contribution in [1.29, 1.82) is 5.26 Å². The number of nitrogens with zero attached hydrogens (tertiary/aromatic N) is 1. The number of hydrogen-bond acceptors (Lipinski definition) is 7. The van der Waals surface area contributed by atoms with Crippen molar-refractivity contribution in [1.82, 2.24) is 0 Å². The van der Waals surface area contributed by atoms with Gasteiger partial charge >= 0.3 is 5.97 Å². The van der Waals surface area contributed by atoms with Gasteiger partial charge in [-0.2, -0.15) is 5.26 Å². The quantitative estimate of drug-likeness (QED) is 0.491. The lowest BCUT2D eigenvalue weighted by molar-refractivity contribution is -0.141. The summed E-state index contributed by atoms with van der Waals surface area (Å²) in [4.78, 5) is 12.4. The van der Waals surface area contributed by atoms with Crippen LogP contribution in [0.4, 0.5) is 4.39 Å². The van der Waals surface area contributed by atoms with Gasteiger partial charge in [-0.15, -0.1) is 0 Å². The zero-order valence-electron chi connectivity index (χ0n) is 16.4. The number of allylic oxidation sites excluding steroid dienone is 1. The smallest absolute Gasteiger partial charge is 0.352 e. The Bertz CT molecular complexity index is 1180. The second kappa shape index (κ2) is 8.24. The predicted octanol–water partition coefficient (Wildman–Crippen LogP) is 4.01. The first-order chi connectivity index (χ1) is 15.0. The number of nitrogens with two attached hydrogens (primary N) is 1. The van der Waals surface area contributed by atoms with Crippen molar-refractivity contribution >= 4 is 5.97 Å². The van der Waals surface area contributed by atoms with E-state index in [2.05, 4.69) is 6.07 Å². The third-order valence-corrected chi connectivity index (χ3v) is 4.70. The summed E-state index contributed by atoms with van der Waals surface area (Å²) in [5, 5.41) is 9.51. The summed E-state index contributed by atoms with van der Waals surface area (Å²) in [6, 6.07) is 15.6. The van der Waals surface area contributed by atoms with Gasteiger partial charge in [-0.05, 0) is 49.4 Å². The number of carbonyl (C=O) groups excluding carboxylic acids is 1.